The molecule has 10 heteroatoms. The summed E-state index contributed by atoms with van der Waals surface area (Å²) in [5.74, 6) is 0.0254. The molecule has 0 spiro atoms. The van der Waals surface area contributed by atoms with Crippen LogP contribution >= 0.6 is 34.8 Å². The summed E-state index contributed by atoms with van der Waals surface area (Å²) in [7, 11) is 0. The van der Waals surface area contributed by atoms with Crippen molar-refractivity contribution < 1.29 is 4.79 Å². The topological polar surface area (TPSA) is 77.6 Å². The summed E-state index contributed by atoms with van der Waals surface area (Å²) < 4.78 is 3.30. The Morgan fingerprint density at radius 2 is 1.96 bits per heavy atom. The number of amides is 1. The van der Waals surface area contributed by atoms with Gasteiger partial charge in [-0.1, -0.05) is 40.9 Å². The molecular weight excluding hydrogens is 411 g/mol. The van der Waals surface area contributed by atoms with E-state index < -0.39 is 0 Å². The first-order chi connectivity index (χ1) is 12.8. The van der Waals surface area contributed by atoms with E-state index in [1.807, 2.05) is 19.9 Å². The van der Waals surface area contributed by atoms with E-state index in [1.54, 1.807) is 21.5 Å². The average molecular weight is 428 g/mol. The smallest absolute Gasteiger partial charge is 0.248 e. The van der Waals surface area contributed by atoms with Crippen LogP contribution in [-0.2, 0) is 17.9 Å². The van der Waals surface area contributed by atoms with Gasteiger partial charge < -0.3 is 0 Å². The van der Waals surface area contributed by atoms with Crippen LogP contribution < -0.4 is 5.32 Å². The third-order valence-electron chi connectivity index (χ3n) is 3.98. The number of aryl methyl sites for hydroxylation is 2. The Morgan fingerprint density at radius 3 is 2.63 bits per heavy atom. The molecule has 1 N–H and O–H groups in total. The lowest BCUT2D eigenvalue weighted by atomic mass is 10.2. The van der Waals surface area contributed by atoms with Gasteiger partial charge >= 0.3 is 0 Å². The molecule has 2 heterocycles. The van der Waals surface area contributed by atoms with Gasteiger partial charge in [0.05, 0.1) is 29.5 Å². The SMILES string of the molecule is Cc1nn(CCC(=O)Nc2ncn(Cc3ccc(Cl)cc3Cl)n2)c(C)c1Cl. The Kier molecular flexibility index (Phi) is 6.04. The van der Waals surface area contributed by atoms with Gasteiger partial charge in [-0.05, 0) is 31.5 Å². The highest BCUT2D eigenvalue weighted by Gasteiger charge is 2.12. The molecule has 0 aliphatic heterocycles. The Hall–Kier alpha value is -2.09. The molecule has 0 unspecified atom stereocenters. The quantitative estimate of drug-likeness (QED) is 0.641. The van der Waals surface area contributed by atoms with Crippen molar-refractivity contribution in [2.75, 3.05) is 5.32 Å². The van der Waals surface area contributed by atoms with Gasteiger partial charge in [0.15, 0.2) is 0 Å². The van der Waals surface area contributed by atoms with Crippen LogP contribution in [-0.4, -0.2) is 30.5 Å². The lowest BCUT2D eigenvalue weighted by Gasteiger charge is -2.05. The fraction of sp³-hybridized carbons (Fsp3) is 0.294. The zero-order chi connectivity index (χ0) is 19.6. The van der Waals surface area contributed by atoms with Crippen molar-refractivity contribution >= 4 is 46.7 Å². The van der Waals surface area contributed by atoms with E-state index in [2.05, 4.69) is 20.5 Å². The highest BCUT2D eigenvalue weighted by Crippen LogP contribution is 2.22. The van der Waals surface area contributed by atoms with E-state index in [0.717, 1.165) is 17.0 Å². The predicted octanol–water partition coefficient (Wildman–Crippen LogP) is 4.13. The maximum absolute atomic E-state index is 12.1. The normalized spacial score (nSPS) is 11.0. The van der Waals surface area contributed by atoms with Crippen LogP contribution in [0.2, 0.25) is 15.1 Å². The lowest BCUT2D eigenvalue weighted by Crippen LogP contribution is -2.16. The predicted molar refractivity (Wildman–Crippen MR) is 106 cm³/mol. The summed E-state index contributed by atoms with van der Waals surface area (Å²) in [6.45, 7) is 4.54. The highest BCUT2D eigenvalue weighted by molar-refractivity contribution is 6.35. The fourth-order valence-electron chi connectivity index (χ4n) is 2.54. The summed E-state index contributed by atoms with van der Waals surface area (Å²) in [5.41, 5.74) is 2.44. The van der Waals surface area contributed by atoms with Crippen molar-refractivity contribution in [1.82, 2.24) is 24.5 Å². The lowest BCUT2D eigenvalue weighted by molar-refractivity contribution is -0.116. The molecule has 0 fully saturated rings. The van der Waals surface area contributed by atoms with Crippen molar-refractivity contribution in [2.45, 2.75) is 33.4 Å². The highest BCUT2D eigenvalue weighted by atomic mass is 35.5. The van der Waals surface area contributed by atoms with Gasteiger partial charge in [0, 0.05) is 16.5 Å². The standard InChI is InChI=1S/C17H17Cl3N6O/c1-10-16(20)11(2)26(23-10)6-5-15(27)22-17-21-9-25(24-17)8-12-3-4-13(18)7-14(12)19/h3-4,7,9H,5-6,8H2,1-2H3,(H,22,24,27). The van der Waals surface area contributed by atoms with Gasteiger partial charge in [0.25, 0.3) is 0 Å². The first-order valence-electron chi connectivity index (χ1n) is 8.16. The number of carbonyl (C=O) groups is 1. The van der Waals surface area contributed by atoms with E-state index in [4.69, 9.17) is 34.8 Å². The molecule has 7 nitrogen and oxygen atoms in total. The van der Waals surface area contributed by atoms with E-state index in [9.17, 15) is 4.79 Å². The van der Waals surface area contributed by atoms with E-state index in [0.29, 0.717) is 28.2 Å². The summed E-state index contributed by atoms with van der Waals surface area (Å²) in [6, 6.07) is 5.25. The maximum Gasteiger partial charge on any atom is 0.248 e. The molecule has 3 aromatic rings. The maximum atomic E-state index is 12.1. The van der Waals surface area contributed by atoms with Crippen LogP contribution in [0.1, 0.15) is 23.4 Å². The van der Waals surface area contributed by atoms with Gasteiger partial charge in [0.2, 0.25) is 11.9 Å². The Bertz CT molecular complexity index is 981. The number of rotatable bonds is 6. The molecule has 27 heavy (non-hydrogen) atoms. The number of halogens is 3. The number of benzene rings is 1. The number of nitrogens with one attached hydrogen (secondary N) is 1. The van der Waals surface area contributed by atoms with Crippen LogP contribution in [0.4, 0.5) is 5.95 Å². The fourth-order valence-corrected chi connectivity index (χ4v) is 3.14. The van der Waals surface area contributed by atoms with E-state index >= 15 is 0 Å². The minimum absolute atomic E-state index is 0.207. The zero-order valence-electron chi connectivity index (χ0n) is 14.7. The number of nitrogens with zero attached hydrogens (tertiary/aromatic N) is 5. The van der Waals surface area contributed by atoms with Crippen LogP contribution in [0.3, 0.4) is 0 Å². The van der Waals surface area contributed by atoms with Crippen molar-refractivity contribution in [3.63, 3.8) is 0 Å². The Labute approximate surface area is 171 Å². The third-order valence-corrected chi connectivity index (χ3v) is 5.11. The van der Waals surface area contributed by atoms with Gasteiger partial charge in [-0.2, -0.15) is 5.10 Å². The molecule has 0 aliphatic rings. The van der Waals surface area contributed by atoms with E-state index in [-0.39, 0.29) is 18.3 Å². The first kappa shape index (κ1) is 19.7. The molecule has 2 aromatic heterocycles. The van der Waals surface area contributed by atoms with Crippen LogP contribution in [0.25, 0.3) is 0 Å². The zero-order valence-corrected chi connectivity index (χ0v) is 17.0. The molecular formula is C17H17Cl3N6O. The summed E-state index contributed by atoms with van der Waals surface area (Å²) in [6.07, 6.45) is 1.76. The Morgan fingerprint density at radius 1 is 1.19 bits per heavy atom. The summed E-state index contributed by atoms with van der Waals surface area (Å²) in [4.78, 5) is 16.2. The second-order valence-corrected chi connectivity index (χ2v) is 7.23. The van der Waals surface area contributed by atoms with Crippen molar-refractivity contribution in [3.8, 4) is 0 Å². The molecule has 1 amide bonds. The molecule has 0 saturated carbocycles. The molecule has 1 aromatic carbocycles. The first-order valence-corrected chi connectivity index (χ1v) is 9.29. The molecule has 0 atom stereocenters. The molecule has 0 bridgehead atoms. The van der Waals surface area contributed by atoms with Crippen molar-refractivity contribution in [1.29, 1.82) is 0 Å². The minimum Gasteiger partial charge on any atom is -0.293 e. The molecule has 0 saturated heterocycles. The number of aromatic nitrogens is 5. The average Bonchev–Trinajstić information content (AvgIpc) is 3.15. The van der Waals surface area contributed by atoms with E-state index in [1.165, 1.54) is 6.33 Å². The van der Waals surface area contributed by atoms with Gasteiger partial charge in [-0.3, -0.25) is 14.8 Å². The molecule has 142 valence electrons. The van der Waals surface area contributed by atoms with Gasteiger partial charge in [-0.15, -0.1) is 5.10 Å². The molecule has 3 rings (SSSR count). The van der Waals surface area contributed by atoms with Gasteiger partial charge in [-0.25, -0.2) is 9.67 Å². The summed E-state index contributed by atoms with van der Waals surface area (Å²) >= 11 is 18.2. The Balaban J connectivity index is 1.56. The number of hydrogen-bond donors (Lipinski definition) is 1. The monoisotopic (exact) mass is 426 g/mol. The number of anilines is 1. The number of hydrogen-bond acceptors (Lipinski definition) is 4. The van der Waals surface area contributed by atoms with Gasteiger partial charge in [0.1, 0.15) is 6.33 Å². The largest absolute Gasteiger partial charge is 0.293 e. The summed E-state index contributed by atoms with van der Waals surface area (Å²) in [5, 5.41) is 13.0. The van der Waals surface area contributed by atoms with Crippen LogP contribution in [0, 0.1) is 13.8 Å². The molecule has 0 radical (unpaired) electrons. The molecule has 0 aliphatic carbocycles. The third kappa shape index (κ3) is 4.80. The second kappa shape index (κ2) is 8.29. The second-order valence-electron chi connectivity index (χ2n) is 6.01. The minimum atomic E-state index is -0.207. The van der Waals surface area contributed by atoms with Crippen LogP contribution in [0.5, 0.6) is 0 Å². The van der Waals surface area contributed by atoms with Crippen molar-refractivity contribution in [3.05, 3.63) is 56.5 Å². The number of carbonyl (C=O) groups excluding carboxylic acids is 1. The van der Waals surface area contributed by atoms with Crippen molar-refractivity contribution in [2.24, 2.45) is 0 Å². The van der Waals surface area contributed by atoms with Crippen LogP contribution in [0.15, 0.2) is 24.5 Å².